The minimum absolute atomic E-state index is 0.218. The largest absolute Gasteiger partial charge is 0.488 e. The van der Waals surface area contributed by atoms with Crippen molar-refractivity contribution in [2.75, 3.05) is 13.6 Å². The second kappa shape index (κ2) is 5.52. The van der Waals surface area contributed by atoms with Crippen LogP contribution in [0.3, 0.4) is 0 Å². The van der Waals surface area contributed by atoms with Crippen LogP contribution >= 0.6 is 0 Å². The highest BCUT2D eigenvalue weighted by Crippen LogP contribution is 2.07. The topological polar surface area (TPSA) is 81.0 Å². The highest BCUT2D eigenvalue weighted by molar-refractivity contribution is 6.58. The molecule has 1 aromatic carbocycles. The number of carbonyl (C=O) groups is 1. The van der Waals surface area contributed by atoms with Crippen LogP contribution in [-0.4, -0.2) is 52.3 Å². The van der Waals surface area contributed by atoms with Crippen LogP contribution in [0.5, 0.6) is 0 Å². The Bertz CT molecular complexity index is 411. The number of carbonyl (C=O) groups excluding carboxylic acids is 1. The van der Waals surface area contributed by atoms with Gasteiger partial charge < -0.3 is 20.1 Å². The van der Waals surface area contributed by atoms with E-state index < -0.39 is 12.7 Å². The fraction of sp³-hybridized carbons (Fsp3) is 0.417. The summed E-state index contributed by atoms with van der Waals surface area (Å²) in [5.74, 6) is -0.226. The Balaban J connectivity index is 2.78. The second-order valence-corrected chi connectivity index (χ2v) is 4.97. The lowest BCUT2D eigenvalue weighted by molar-refractivity contribution is 0.0368. The summed E-state index contributed by atoms with van der Waals surface area (Å²) in [5.41, 5.74) is -0.186. The summed E-state index contributed by atoms with van der Waals surface area (Å²) in [4.78, 5) is 13.4. The lowest BCUT2D eigenvalue weighted by Crippen LogP contribution is -2.39. The van der Waals surface area contributed by atoms with Gasteiger partial charge in [0.2, 0.25) is 0 Å². The van der Waals surface area contributed by atoms with Gasteiger partial charge in [0, 0.05) is 19.2 Å². The number of likely N-dealkylation sites (N-methyl/N-ethyl adjacent to an activating group) is 1. The van der Waals surface area contributed by atoms with Crippen LogP contribution < -0.4 is 5.46 Å². The van der Waals surface area contributed by atoms with Gasteiger partial charge in [-0.1, -0.05) is 12.1 Å². The van der Waals surface area contributed by atoms with Gasteiger partial charge in [0.25, 0.3) is 5.91 Å². The number of hydrogen-bond donors (Lipinski definition) is 3. The quantitative estimate of drug-likeness (QED) is 0.612. The van der Waals surface area contributed by atoms with Gasteiger partial charge in [0.1, 0.15) is 0 Å². The maximum absolute atomic E-state index is 12.0. The summed E-state index contributed by atoms with van der Waals surface area (Å²) in [6.45, 7) is 3.47. The summed E-state index contributed by atoms with van der Waals surface area (Å²) in [6.07, 6.45) is 0. The van der Waals surface area contributed by atoms with E-state index in [2.05, 4.69) is 0 Å². The molecule has 0 fully saturated rings. The Kier molecular flexibility index (Phi) is 4.50. The van der Waals surface area contributed by atoms with Crippen LogP contribution in [0.1, 0.15) is 24.2 Å². The third-order valence-electron chi connectivity index (χ3n) is 2.43. The first-order chi connectivity index (χ1) is 8.20. The molecule has 0 spiro atoms. The molecule has 18 heavy (non-hydrogen) atoms. The average molecular weight is 251 g/mol. The predicted octanol–water partition coefficient (Wildman–Crippen LogP) is -0.791. The third-order valence-corrected chi connectivity index (χ3v) is 2.43. The molecule has 98 valence electrons. The van der Waals surface area contributed by atoms with E-state index in [9.17, 15) is 9.90 Å². The Morgan fingerprint density at radius 2 is 1.78 bits per heavy atom. The van der Waals surface area contributed by atoms with E-state index in [-0.39, 0.29) is 12.5 Å². The molecule has 0 bridgehead atoms. The molecule has 0 aromatic heterocycles. The molecule has 1 rings (SSSR count). The first kappa shape index (κ1) is 14.7. The van der Waals surface area contributed by atoms with Gasteiger partial charge in [-0.15, -0.1) is 0 Å². The van der Waals surface area contributed by atoms with E-state index in [0.29, 0.717) is 11.0 Å². The highest BCUT2D eigenvalue weighted by atomic mass is 16.4. The maximum Gasteiger partial charge on any atom is 0.488 e. The van der Waals surface area contributed by atoms with Crippen LogP contribution in [0.4, 0.5) is 0 Å². The second-order valence-electron chi connectivity index (χ2n) is 4.97. The third kappa shape index (κ3) is 4.14. The average Bonchev–Trinajstić information content (AvgIpc) is 2.26. The molecule has 1 aromatic rings. The van der Waals surface area contributed by atoms with Crippen LogP contribution in [0.2, 0.25) is 0 Å². The van der Waals surface area contributed by atoms with Gasteiger partial charge in [-0.2, -0.15) is 0 Å². The molecular formula is C12H18BNO4. The standard InChI is InChI=1S/C12H18BNO4/c1-12(2,16)8-14(3)11(15)9-4-6-10(7-5-9)13(17)18/h4-7,16-18H,8H2,1-3H3. The molecule has 0 aliphatic carbocycles. The molecule has 1 amide bonds. The number of benzene rings is 1. The van der Waals surface area contributed by atoms with Crippen molar-refractivity contribution in [1.82, 2.24) is 4.90 Å². The zero-order valence-corrected chi connectivity index (χ0v) is 10.8. The number of nitrogens with zero attached hydrogens (tertiary/aromatic N) is 1. The molecule has 0 unspecified atom stereocenters. The number of rotatable bonds is 4. The lowest BCUT2D eigenvalue weighted by atomic mass is 9.80. The Morgan fingerprint density at radius 3 is 2.17 bits per heavy atom. The van der Waals surface area contributed by atoms with Gasteiger partial charge >= 0.3 is 7.12 Å². The first-order valence-electron chi connectivity index (χ1n) is 5.64. The van der Waals surface area contributed by atoms with Crippen molar-refractivity contribution in [2.45, 2.75) is 19.4 Å². The number of amides is 1. The minimum Gasteiger partial charge on any atom is -0.423 e. The summed E-state index contributed by atoms with van der Waals surface area (Å²) in [6, 6.07) is 6.02. The van der Waals surface area contributed by atoms with Gasteiger partial charge in [0.15, 0.2) is 0 Å². The van der Waals surface area contributed by atoms with Crippen molar-refractivity contribution in [3.05, 3.63) is 29.8 Å². The lowest BCUT2D eigenvalue weighted by Gasteiger charge is -2.25. The Morgan fingerprint density at radius 1 is 1.28 bits per heavy atom. The SMILES string of the molecule is CN(CC(C)(C)O)C(=O)c1ccc(B(O)O)cc1. The number of aliphatic hydroxyl groups is 1. The summed E-state index contributed by atoms with van der Waals surface area (Å²) in [5, 5.41) is 27.5. The molecule has 3 N–H and O–H groups in total. The highest BCUT2D eigenvalue weighted by Gasteiger charge is 2.20. The Hall–Kier alpha value is -1.37. The molecular weight excluding hydrogens is 233 g/mol. The summed E-state index contributed by atoms with van der Waals surface area (Å²) >= 11 is 0. The predicted molar refractivity (Wildman–Crippen MR) is 69.5 cm³/mol. The van der Waals surface area contributed by atoms with Crippen LogP contribution in [0.25, 0.3) is 0 Å². The van der Waals surface area contributed by atoms with E-state index in [1.807, 2.05) is 0 Å². The van der Waals surface area contributed by atoms with Crippen LogP contribution in [0.15, 0.2) is 24.3 Å². The molecule has 0 radical (unpaired) electrons. The van der Waals surface area contributed by atoms with Crippen LogP contribution in [0, 0.1) is 0 Å². The minimum atomic E-state index is -1.54. The van der Waals surface area contributed by atoms with Gasteiger partial charge in [-0.05, 0) is 31.4 Å². The smallest absolute Gasteiger partial charge is 0.423 e. The van der Waals surface area contributed by atoms with Gasteiger partial charge in [0.05, 0.1) is 5.60 Å². The summed E-state index contributed by atoms with van der Waals surface area (Å²) in [7, 11) is 0.0676. The van der Waals surface area contributed by atoms with Crippen molar-refractivity contribution in [1.29, 1.82) is 0 Å². The first-order valence-corrected chi connectivity index (χ1v) is 5.64. The molecule has 0 saturated heterocycles. The Labute approximate surface area is 107 Å². The monoisotopic (exact) mass is 251 g/mol. The van der Waals surface area contributed by atoms with E-state index in [0.717, 1.165) is 0 Å². The van der Waals surface area contributed by atoms with E-state index in [1.165, 1.54) is 29.2 Å². The van der Waals surface area contributed by atoms with Crippen molar-refractivity contribution < 1.29 is 19.9 Å². The molecule has 5 nitrogen and oxygen atoms in total. The van der Waals surface area contributed by atoms with Gasteiger partial charge in [-0.25, -0.2) is 0 Å². The molecule has 0 aliphatic heterocycles. The fourth-order valence-corrected chi connectivity index (χ4v) is 1.67. The maximum atomic E-state index is 12.0. The molecule has 0 aliphatic rings. The molecule has 0 saturated carbocycles. The molecule has 6 heteroatoms. The van der Waals surface area contributed by atoms with Crippen molar-refractivity contribution in [2.24, 2.45) is 0 Å². The molecule has 0 heterocycles. The van der Waals surface area contributed by atoms with Gasteiger partial charge in [-0.3, -0.25) is 4.79 Å². The fourth-order valence-electron chi connectivity index (χ4n) is 1.67. The van der Waals surface area contributed by atoms with E-state index in [1.54, 1.807) is 20.9 Å². The zero-order valence-electron chi connectivity index (χ0n) is 10.8. The summed E-state index contributed by atoms with van der Waals surface area (Å²) < 4.78 is 0. The van der Waals surface area contributed by atoms with Crippen molar-refractivity contribution in [3.63, 3.8) is 0 Å². The number of hydrogen-bond acceptors (Lipinski definition) is 4. The molecule has 0 atom stereocenters. The van der Waals surface area contributed by atoms with Crippen LogP contribution in [-0.2, 0) is 0 Å². The zero-order chi connectivity index (χ0) is 13.9. The van der Waals surface area contributed by atoms with E-state index >= 15 is 0 Å². The van der Waals surface area contributed by atoms with Crippen molar-refractivity contribution >= 4 is 18.5 Å². The normalized spacial score (nSPS) is 11.2. The van der Waals surface area contributed by atoms with E-state index in [4.69, 9.17) is 10.0 Å². The van der Waals surface area contributed by atoms with Crippen molar-refractivity contribution in [3.8, 4) is 0 Å².